The molecule has 190 valence electrons. The molecule has 0 bridgehead atoms. The van der Waals surface area contributed by atoms with Crippen LogP contribution in [0.1, 0.15) is 19.3 Å². The number of piperidine rings is 1. The van der Waals surface area contributed by atoms with Gasteiger partial charge in [-0.25, -0.2) is 9.97 Å². The highest BCUT2D eigenvalue weighted by atomic mass is 35.5. The van der Waals surface area contributed by atoms with Gasteiger partial charge in [-0.3, -0.25) is 14.3 Å². The molecule has 9 nitrogen and oxygen atoms in total. The van der Waals surface area contributed by atoms with Gasteiger partial charge in [0, 0.05) is 42.7 Å². The van der Waals surface area contributed by atoms with Crippen molar-refractivity contribution in [3.8, 4) is 11.6 Å². The van der Waals surface area contributed by atoms with E-state index in [9.17, 15) is 4.79 Å². The zero-order valence-corrected chi connectivity index (χ0v) is 21.3. The molecule has 37 heavy (non-hydrogen) atoms. The van der Waals surface area contributed by atoms with Crippen molar-refractivity contribution >= 4 is 45.9 Å². The Balaban J connectivity index is 1.33. The van der Waals surface area contributed by atoms with Crippen LogP contribution in [0.25, 0.3) is 16.9 Å². The second-order valence-electron chi connectivity index (χ2n) is 8.75. The molecule has 0 aliphatic carbocycles. The van der Waals surface area contributed by atoms with E-state index in [1.165, 1.54) is 19.3 Å². The minimum Gasteiger partial charge on any atom is -0.495 e. The summed E-state index contributed by atoms with van der Waals surface area (Å²) in [6, 6.07) is 11.0. The van der Waals surface area contributed by atoms with E-state index < -0.39 is 0 Å². The predicted molar refractivity (Wildman–Crippen MR) is 146 cm³/mol. The molecular formula is C27H28ClN7O2. The first-order valence-electron chi connectivity index (χ1n) is 12.2. The normalized spacial score (nSPS) is 14.2. The lowest BCUT2D eigenvalue weighted by Crippen LogP contribution is -2.29. The van der Waals surface area contributed by atoms with Gasteiger partial charge in [0.05, 0.1) is 23.5 Å². The topological polar surface area (TPSA) is 97.2 Å². The Labute approximate surface area is 220 Å². The van der Waals surface area contributed by atoms with Crippen LogP contribution in [0.5, 0.6) is 5.75 Å². The first kappa shape index (κ1) is 24.7. The van der Waals surface area contributed by atoms with E-state index in [0.717, 1.165) is 30.7 Å². The second-order valence-corrected chi connectivity index (χ2v) is 9.16. The van der Waals surface area contributed by atoms with Gasteiger partial charge in [0.1, 0.15) is 17.2 Å². The number of carbonyl (C=O) groups is 1. The summed E-state index contributed by atoms with van der Waals surface area (Å²) in [5.41, 5.74) is 1.82. The number of nitrogens with zero attached hydrogens (tertiary/aromatic N) is 5. The number of halogens is 1. The predicted octanol–water partition coefficient (Wildman–Crippen LogP) is 5.20. The van der Waals surface area contributed by atoms with E-state index in [2.05, 4.69) is 30.5 Å². The van der Waals surface area contributed by atoms with Crippen molar-refractivity contribution in [2.45, 2.75) is 19.3 Å². The number of methoxy groups -OCH3 is 1. The molecule has 0 unspecified atom stereocenters. The van der Waals surface area contributed by atoms with Crippen molar-refractivity contribution in [2.75, 3.05) is 37.4 Å². The third-order valence-electron chi connectivity index (χ3n) is 6.21. The van der Waals surface area contributed by atoms with Crippen LogP contribution >= 0.6 is 11.6 Å². The number of likely N-dealkylation sites (tertiary alicyclic amines) is 1. The van der Waals surface area contributed by atoms with Crippen LogP contribution in [0.15, 0.2) is 67.1 Å². The fourth-order valence-electron chi connectivity index (χ4n) is 4.36. The van der Waals surface area contributed by atoms with E-state index >= 15 is 0 Å². The lowest BCUT2D eigenvalue weighted by atomic mass is 10.1. The average Bonchev–Trinajstić information content (AvgIpc) is 3.35. The highest BCUT2D eigenvalue weighted by Crippen LogP contribution is 2.36. The Morgan fingerprint density at radius 2 is 1.97 bits per heavy atom. The highest BCUT2D eigenvalue weighted by Gasteiger charge is 2.14. The maximum Gasteiger partial charge on any atom is 0.248 e. The Bertz CT molecular complexity index is 1430. The van der Waals surface area contributed by atoms with E-state index in [-0.39, 0.29) is 5.91 Å². The number of ether oxygens (including phenoxy) is 1. The molecule has 2 N–H and O–H groups in total. The molecule has 0 radical (unpaired) electrons. The van der Waals surface area contributed by atoms with Gasteiger partial charge in [0.15, 0.2) is 0 Å². The molecule has 4 aromatic rings. The molecule has 1 saturated heterocycles. The van der Waals surface area contributed by atoms with Crippen LogP contribution < -0.4 is 15.4 Å². The van der Waals surface area contributed by atoms with E-state index in [1.54, 1.807) is 43.8 Å². The van der Waals surface area contributed by atoms with Crippen molar-refractivity contribution in [3.63, 3.8) is 0 Å². The maximum absolute atomic E-state index is 12.6. The highest BCUT2D eigenvalue weighted by molar-refractivity contribution is 6.34. The van der Waals surface area contributed by atoms with E-state index in [0.29, 0.717) is 33.9 Å². The summed E-state index contributed by atoms with van der Waals surface area (Å²) in [6.07, 6.45) is 12.5. The zero-order chi connectivity index (χ0) is 25.6. The summed E-state index contributed by atoms with van der Waals surface area (Å²) < 4.78 is 7.39. The Hall–Kier alpha value is -3.95. The number of aromatic nitrogens is 4. The third kappa shape index (κ3) is 5.90. The van der Waals surface area contributed by atoms with Crippen LogP contribution in [0, 0.1) is 0 Å². The first-order valence-corrected chi connectivity index (χ1v) is 12.6. The number of amides is 1. The molecule has 1 amide bonds. The molecule has 10 heteroatoms. The number of pyridine rings is 1. The Morgan fingerprint density at radius 3 is 2.81 bits per heavy atom. The number of hydrogen-bond acceptors (Lipinski definition) is 7. The molecule has 0 spiro atoms. The molecule has 1 fully saturated rings. The number of hydrogen-bond donors (Lipinski definition) is 2. The van der Waals surface area contributed by atoms with Crippen molar-refractivity contribution in [1.82, 2.24) is 24.4 Å². The molecule has 0 saturated carbocycles. The largest absolute Gasteiger partial charge is 0.495 e. The van der Waals surface area contributed by atoms with Crippen molar-refractivity contribution in [2.24, 2.45) is 0 Å². The van der Waals surface area contributed by atoms with Crippen molar-refractivity contribution < 1.29 is 9.53 Å². The Morgan fingerprint density at radius 1 is 1.11 bits per heavy atom. The fourth-order valence-corrected chi connectivity index (χ4v) is 4.56. The van der Waals surface area contributed by atoms with Gasteiger partial charge < -0.3 is 15.4 Å². The minimum absolute atomic E-state index is 0.250. The number of nitrogens with one attached hydrogen (secondary N) is 2. The fraction of sp³-hybridized carbons (Fsp3) is 0.259. The van der Waals surface area contributed by atoms with Gasteiger partial charge in [0.2, 0.25) is 11.9 Å². The van der Waals surface area contributed by atoms with Gasteiger partial charge in [-0.2, -0.15) is 4.98 Å². The van der Waals surface area contributed by atoms with Crippen molar-refractivity contribution in [3.05, 3.63) is 72.2 Å². The van der Waals surface area contributed by atoms with Gasteiger partial charge >= 0.3 is 0 Å². The summed E-state index contributed by atoms with van der Waals surface area (Å²) in [4.78, 5) is 28.3. The van der Waals surface area contributed by atoms with Gasteiger partial charge in [-0.05, 0) is 56.3 Å². The smallest absolute Gasteiger partial charge is 0.248 e. The summed E-state index contributed by atoms with van der Waals surface area (Å²) in [5, 5.41) is 7.41. The molecule has 5 rings (SSSR count). The molecule has 1 aliphatic heterocycles. The lowest BCUT2D eigenvalue weighted by molar-refractivity contribution is -0.111. The number of carbonyl (C=O) groups excluding carboxylic acids is 1. The average molecular weight is 518 g/mol. The van der Waals surface area contributed by atoms with Crippen molar-refractivity contribution in [1.29, 1.82) is 0 Å². The lowest BCUT2D eigenvalue weighted by Gasteiger charge is -2.24. The molecule has 4 heterocycles. The number of anilines is 3. The van der Waals surface area contributed by atoms with Crippen LogP contribution in [-0.4, -0.2) is 57.1 Å². The van der Waals surface area contributed by atoms with E-state index in [1.807, 2.05) is 35.0 Å². The third-order valence-corrected chi connectivity index (χ3v) is 6.52. The molecular weight excluding hydrogens is 490 g/mol. The number of rotatable bonds is 8. The summed E-state index contributed by atoms with van der Waals surface area (Å²) in [6.45, 7) is 2.91. The van der Waals surface area contributed by atoms with Crippen LogP contribution in [0.2, 0.25) is 5.02 Å². The number of benzene rings is 1. The quantitative estimate of drug-likeness (QED) is 0.310. The summed E-state index contributed by atoms with van der Waals surface area (Å²) in [7, 11) is 1.55. The summed E-state index contributed by atoms with van der Waals surface area (Å²) in [5.74, 6) is 1.26. The summed E-state index contributed by atoms with van der Waals surface area (Å²) >= 11 is 6.43. The van der Waals surface area contributed by atoms with Crippen LogP contribution in [-0.2, 0) is 4.79 Å². The van der Waals surface area contributed by atoms with Gasteiger partial charge in [0.25, 0.3) is 0 Å². The first-order chi connectivity index (χ1) is 18.1. The molecule has 0 atom stereocenters. The molecule has 3 aromatic heterocycles. The molecule has 1 aliphatic rings. The van der Waals surface area contributed by atoms with Crippen LogP contribution in [0.3, 0.4) is 0 Å². The second kappa shape index (κ2) is 11.4. The van der Waals surface area contributed by atoms with Crippen LogP contribution in [0.4, 0.5) is 17.3 Å². The maximum atomic E-state index is 12.6. The Kier molecular flexibility index (Phi) is 7.62. The number of fused-ring (bicyclic) bond motifs is 1. The minimum atomic E-state index is -0.250. The van der Waals surface area contributed by atoms with E-state index in [4.69, 9.17) is 16.3 Å². The zero-order valence-electron chi connectivity index (χ0n) is 20.5. The SMILES string of the molecule is COc1cc(Cl)c(NC(=O)/C=C/CN2CCCCC2)cc1Nc1nccc(-n2ccc3cccnc32)n1. The standard InChI is InChI=1S/C27H28ClN7O2/c1-37-23-17-20(28)21(31-25(36)8-6-15-34-13-3-2-4-14-34)18-22(23)32-27-30-12-9-24(33-27)35-16-10-19-7-5-11-29-26(19)35/h5-12,16-18H,2-4,13-15H2,1H3,(H,31,36)(H,30,32,33)/b8-6+. The van der Waals surface area contributed by atoms with Gasteiger partial charge in [-0.15, -0.1) is 0 Å². The molecule has 1 aromatic carbocycles. The van der Waals surface area contributed by atoms with Gasteiger partial charge in [-0.1, -0.05) is 24.1 Å². The monoisotopic (exact) mass is 517 g/mol.